The van der Waals surface area contributed by atoms with Crippen LogP contribution in [0.25, 0.3) is 0 Å². The molecule has 12 bridgehead atoms. The Hall–Kier alpha value is -5.06. The molecule has 0 aromatic heterocycles. The predicted octanol–water partition coefficient (Wildman–Crippen LogP) is 6.91. The minimum absolute atomic E-state index is 0.182. The minimum atomic E-state index is 0.182. The van der Waals surface area contributed by atoms with Crippen LogP contribution >= 0.6 is 0 Å². The van der Waals surface area contributed by atoms with Crippen LogP contribution in [0, 0.1) is 0 Å². The van der Waals surface area contributed by atoms with E-state index in [1.54, 1.807) is 0 Å². The Morgan fingerprint density at radius 2 is 0.481 bits per heavy atom. The molecule has 5 aromatic carbocycles. The van der Waals surface area contributed by atoms with E-state index in [2.05, 4.69) is 0 Å². The summed E-state index contributed by atoms with van der Waals surface area (Å²) in [5.41, 5.74) is 8.07. The number of hydrogen-bond donors (Lipinski definition) is 3. The Morgan fingerprint density at radius 1 is 0.278 bits per heavy atom. The largest absolute Gasteiger partial charge is 0.507 e. The van der Waals surface area contributed by atoms with Crippen LogP contribution in [0.3, 0.4) is 0 Å². The van der Waals surface area contributed by atoms with E-state index in [0.717, 1.165) is 44.5 Å². The molecule has 54 heavy (non-hydrogen) atoms. The third-order valence-electron chi connectivity index (χ3n) is 9.93. The molecule has 0 saturated carbocycles. The Morgan fingerprint density at radius 3 is 0.741 bits per heavy atom. The van der Waals surface area contributed by atoms with E-state index in [1.165, 1.54) is 0 Å². The molecule has 1 aliphatic heterocycles. The van der Waals surface area contributed by atoms with Crippen molar-refractivity contribution in [1.29, 1.82) is 0 Å². The molecule has 0 atom stereocenters. The second kappa shape index (κ2) is 18.3. The lowest BCUT2D eigenvalue weighted by Gasteiger charge is -2.20. The van der Waals surface area contributed by atoms with Crippen LogP contribution in [0.15, 0.2) is 91.0 Å². The standard InChI is InChI=1S/C45H48O9/c46-41-31-6-1-8-33(41)27-37-12-4-14-39-29-35-10-3-11-36(43(35)48)30-40-15-5-13-38(28-34-9-2-7-32(26-31)42(34)47)45(40)54-25-23-52-21-19-50-17-16-49-18-20-51-22-24-53-44(37)39/h1-15,46-48H,16-30H2. The molecule has 0 fully saturated rings. The molecule has 5 aromatic rings. The van der Waals surface area contributed by atoms with Crippen molar-refractivity contribution >= 4 is 0 Å². The van der Waals surface area contributed by atoms with Crippen molar-refractivity contribution in [3.8, 4) is 28.7 Å². The summed E-state index contributed by atoms with van der Waals surface area (Å²) in [5.74, 6) is 1.97. The first-order valence-electron chi connectivity index (χ1n) is 18.7. The number of aromatic hydroxyl groups is 3. The molecule has 0 spiro atoms. The molecule has 7 rings (SSSR count). The van der Waals surface area contributed by atoms with Gasteiger partial charge in [0.25, 0.3) is 0 Å². The topological polar surface area (TPSA) is 116 Å². The maximum absolute atomic E-state index is 11.8. The molecule has 1 aliphatic carbocycles. The molecule has 0 unspecified atom stereocenters. The fourth-order valence-electron chi connectivity index (χ4n) is 7.19. The van der Waals surface area contributed by atoms with Crippen LogP contribution in [0.2, 0.25) is 0 Å². The van der Waals surface area contributed by atoms with Crippen molar-refractivity contribution in [2.24, 2.45) is 0 Å². The molecule has 0 amide bonds. The van der Waals surface area contributed by atoms with E-state index in [9.17, 15) is 15.3 Å². The number of hydrogen-bond acceptors (Lipinski definition) is 9. The normalized spacial score (nSPS) is 16.4. The first-order valence-corrected chi connectivity index (χ1v) is 18.7. The lowest BCUT2D eigenvalue weighted by molar-refractivity contribution is -0.00706. The summed E-state index contributed by atoms with van der Waals surface area (Å²) in [6.45, 7) is 3.97. The summed E-state index contributed by atoms with van der Waals surface area (Å²) in [6.07, 6.45) is 2.04. The highest BCUT2D eigenvalue weighted by Crippen LogP contribution is 2.38. The monoisotopic (exact) mass is 732 g/mol. The first-order chi connectivity index (χ1) is 26.5. The van der Waals surface area contributed by atoms with E-state index in [-0.39, 0.29) is 17.2 Å². The Labute approximate surface area is 316 Å². The van der Waals surface area contributed by atoms with E-state index in [0.29, 0.717) is 121 Å². The van der Waals surface area contributed by atoms with Gasteiger partial charge >= 0.3 is 0 Å². The number of ether oxygens (including phenoxy) is 6. The van der Waals surface area contributed by atoms with Crippen molar-refractivity contribution in [2.45, 2.75) is 32.1 Å². The average molecular weight is 733 g/mol. The molecule has 282 valence electrons. The zero-order chi connectivity index (χ0) is 37.1. The van der Waals surface area contributed by atoms with E-state index in [1.807, 2.05) is 91.0 Å². The zero-order valence-electron chi connectivity index (χ0n) is 30.6. The molecule has 0 radical (unpaired) electrons. The van der Waals surface area contributed by atoms with Crippen molar-refractivity contribution in [1.82, 2.24) is 0 Å². The number of rotatable bonds is 0. The van der Waals surface area contributed by atoms with Gasteiger partial charge < -0.3 is 43.7 Å². The zero-order valence-corrected chi connectivity index (χ0v) is 30.6. The van der Waals surface area contributed by atoms with Gasteiger partial charge in [-0.2, -0.15) is 0 Å². The smallest absolute Gasteiger partial charge is 0.126 e. The van der Waals surface area contributed by atoms with Crippen LogP contribution in [0.4, 0.5) is 0 Å². The maximum atomic E-state index is 11.8. The lowest BCUT2D eigenvalue weighted by Crippen LogP contribution is -2.15. The van der Waals surface area contributed by atoms with Gasteiger partial charge in [0.1, 0.15) is 42.0 Å². The summed E-state index contributed by atoms with van der Waals surface area (Å²) in [5, 5.41) is 35.1. The molecule has 9 nitrogen and oxygen atoms in total. The molecular weight excluding hydrogens is 684 g/mol. The molecule has 3 N–H and O–H groups in total. The Balaban J connectivity index is 1.34. The van der Waals surface area contributed by atoms with Gasteiger partial charge in [-0.3, -0.25) is 0 Å². The third kappa shape index (κ3) is 9.17. The van der Waals surface area contributed by atoms with Crippen LogP contribution in [-0.4, -0.2) is 81.4 Å². The van der Waals surface area contributed by atoms with Gasteiger partial charge in [-0.15, -0.1) is 0 Å². The summed E-state index contributed by atoms with van der Waals surface area (Å²) in [6, 6.07) is 29.4. The number of fused-ring (bicyclic) bond motifs is 4. The number of benzene rings is 5. The first kappa shape index (κ1) is 37.3. The highest BCUT2D eigenvalue weighted by molar-refractivity contribution is 5.55. The quantitative estimate of drug-likeness (QED) is 0.153. The highest BCUT2D eigenvalue weighted by Gasteiger charge is 2.20. The van der Waals surface area contributed by atoms with Crippen molar-refractivity contribution in [3.63, 3.8) is 0 Å². The third-order valence-corrected chi connectivity index (χ3v) is 9.93. The van der Waals surface area contributed by atoms with Gasteiger partial charge in [-0.05, 0) is 55.6 Å². The predicted molar refractivity (Wildman–Crippen MR) is 206 cm³/mol. The van der Waals surface area contributed by atoms with Gasteiger partial charge in [0, 0.05) is 32.1 Å². The van der Waals surface area contributed by atoms with Crippen molar-refractivity contribution < 1.29 is 43.7 Å². The Bertz CT molecular complexity index is 1880. The average Bonchev–Trinajstić information content (AvgIpc) is 3.17. The second-order valence-corrected chi connectivity index (χ2v) is 13.6. The van der Waals surface area contributed by atoms with Gasteiger partial charge in [-0.1, -0.05) is 91.0 Å². The van der Waals surface area contributed by atoms with Crippen molar-refractivity contribution in [2.75, 3.05) is 66.1 Å². The minimum Gasteiger partial charge on any atom is -0.507 e. The molecule has 2 aliphatic rings. The summed E-state index contributed by atoms with van der Waals surface area (Å²) in [4.78, 5) is 0. The van der Waals surface area contributed by atoms with Crippen LogP contribution in [0.5, 0.6) is 28.7 Å². The maximum Gasteiger partial charge on any atom is 0.126 e. The number of phenols is 3. The fourth-order valence-corrected chi connectivity index (χ4v) is 7.19. The van der Waals surface area contributed by atoms with Gasteiger partial charge in [0.15, 0.2) is 0 Å². The second-order valence-electron chi connectivity index (χ2n) is 13.6. The van der Waals surface area contributed by atoms with Crippen LogP contribution in [-0.2, 0) is 51.1 Å². The van der Waals surface area contributed by atoms with E-state index >= 15 is 0 Å². The number of phenolic OH excluding ortho intramolecular Hbond substituents is 3. The molecule has 9 heteroatoms. The SMILES string of the molecule is Oc1c2cccc1Cc1cccc3c1OCCOCCOCCOCCOCCOc1c(cccc1Cc1cccc(c1O)C3)Cc1cccc(c1O)C2. The molecular formula is C45H48O9. The van der Waals surface area contributed by atoms with E-state index < -0.39 is 0 Å². The number of para-hydroxylation sites is 5. The molecule has 1 heterocycles. The summed E-state index contributed by atoms with van der Waals surface area (Å²) >= 11 is 0. The van der Waals surface area contributed by atoms with Crippen molar-refractivity contribution in [3.05, 3.63) is 147 Å². The van der Waals surface area contributed by atoms with Gasteiger partial charge in [0.2, 0.25) is 0 Å². The summed E-state index contributed by atoms with van der Waals surface area (Å²) in [7, 11) is 0. The van der Waals surface area contributed by atoms with Crippen LogP contribution in [0.1, 0.15) is 55.6 Å². The lowest BCUT2D eigenvalue weighted by atomic mass is 9.91. The van der Waals surface area contributed by atoms with E-state index in [4.69, 9.17) is 28.4 Å². The highest BCUT2D eigenvalue weighted by atomic mass is 16.6. The fraction of sp³-hybridized carbons (Fsp3) is 0.333. The Kier molecular flexibility index (Phi) is 12.6. The van der Waals surface area contributed by atoms with Crippen LogP contribution < -0.4 is 9.47 Å². The molecule has 0 saturated heterocycles. The van der Waals surface area contributed by atoms with Gasteiger partial charge in [0.05, 0.1) is 52.9 Å². The van der Waals surface area contributed by atoms with Gasteiger partial charge in [-0.25, -0.2) is 0 Å². The summed E-state index contributed by atoms with van der Waals surface area (Å²) < 4.78 is 36.0.